The average molecular weight is 480 g/mol. The van der Waals surface area contributed by atoms with Crippen LogP contribution in [0.3, 0.4) is 0 Å². The molecule has 4 atom stereocenters. The number of amides is 3. The van der Waals surface area contributed by atoms with Crippen molar-refractivity contribution in [1.29, 1.82) is 0 Å². The zero-order valence-corrected chi connectivity index (χ0v) is 19.9. The maximum absolute atomic E-state index is 13.9. The number of nitrogens with one attached hydrogen (secondary N) is 1. The first-order valence-electron chi connectivity index (χ1n) is 11.9. The van der Waals surface area contributed by atoms with Gasteiger partial charge in [0.25, 0.3) is 0 Å². The standard InChI is InChI=1S/C29H25N3O4/c1-17-7-11-20(12-8-17)32-28(34)23-24(29(32)35)26(27(33)30-19-9-13-21(36-2)14-10-19)31-16-15-18-5-3-4-6-22(18)25(23)31/h3-16,23-26H,1-2H3,(H,30,33)/t23-,24+,25?,26-/m1/s1. The first-order chi connectivity index (χ1) is 17.5. The highest BCUT2D eigenvalue weighted by Gasteiger charge is 2.64. The largest absolute Gasteiger partial charge is 0.497 e. The van der Waals surface area contributed by atoms with Crippen molar-refractivity contribution in [1.82, 2.24) is 4.90 Å². The number of imide groups is 1. The van der Waals surface area contributed by atoms with Crippen LogP contribution in [-0.4, -0.2) is 35.8 Å². The van der Waals surface area contributed by atoms with Gasteiger partial charge in [0.15, 0.2) is 0 Å². The van der Waals surface area contributed by atoms with Crippen LogP contribution in [0.4, 0.5) is 11.4 Å². The van der Waals surface area contributed by atoms with Crippen LogP contribution < -0.4 is 15.0 Å². The van der Waals surface area contributed by atoms with Gasteiger partial charge in [-0.15, -0.1) is 0 Å². The maximum Gasteiger partial charge on any atom is 0.247 e. The fourth-order valence-electron chi connectivity index (χ4n) is 5.70. The molecule has 180 valence electrons. The third-order valence-corrected chi connectivity index (χ3v) is 7.38. The number of anilines is 2. The second-order valence-corrected chi connectivity index (χ2v) is 9.40. The second-order valence-electron chi connectivity index (χ2n) is 9.40. The lowest BCUT2D eigenvalue weighted by Gasteiger charge is -2.35. The van der Waals surface area contributed by atoms with Crippen LogP contribution in [0.2, 0.25) is 0 Å². The number of carbonyl (C=O) groups is 3. The Hall–Kier alpha value is -4.39. The van der Waals surface area contributed by atoms with Crippen LogP contribution in [0.25, 0.3) is 6.08 Å². The molecule has 0 aromatic heterocycles. The van der Waals surface area contributed by atoms with E-state index in [0.717, 1.165) is 16.7 Å². The summed E-state index contributed by atoms with van der Waals surface area (Å²) in [5.41, 5.74) is 4.09. The third kappa shape index (κ3) is 3.31. The number of hydrogen-bond donors (Lipinski definition) is 1. The normalized spacial score (nSPS) is 23.8. The van der Waals surface area contributed by atoms with Gasteiger partial charge in [0.05, 0.1) is 30.7 Å². The molecule has 6 rings (SSSR count). The molecule has 3 aliphatic heterocycles. The summed E-state index contributed by atoms with van der Waals surface area (Å²) < 4.78 is 5.20. The Morgan fingerprint density at radius 3 is 2.31 bits per heavy atom. The SMILES string of the molecule is COc1ccc(NC(=O)[C@H]2[C@H]3C(=O)N(c4ccc(C)cc4)C(=O)[C@H]3C3c4ccccc4C=CN32)cc1. The Balaban J connectivity index is 1.41. The zero-order chi connectivity index (χ0) is 25.0. The van der Waals surface area contributed by atoms with E-state index in [0.29, 0.717) is 17.1 Å². The zero-order valence-electron chi connectivity index (χ0n) is 19.9. The van der Waals surface area contributed by atoms with E-state index >= 15 is 0 Å². The fourth-order valence-corrected chi connectivity index (χ4v) is 5.70. The van der Waals surface area contributed by atoms with Crippen molar-refractivity contribution in [3.63, 3.8) is 0 Å². The lowest BCUT2D eigenvalue weighted by atomic mass is 9.84. The number of methoxy groups -OCH3 is 1. The van der Waals surface area contributed by atoms with E-state index in [4.69, 9.17) is 4.74 Å². The van der Waals surface area contributed by atoms with Crippen LogP contribution in [0.5, 0.6) is 5.75 Å². The smallest absolute Gasteiger partial charge is 0.247 e. The van der Waals surface area contributed by atoms with Gasteiger partial charge in [-0.05, 0) is 60.5 Å². The number of rotatable bonds is 4. The highest BCUT2D eigenvalue weighted by molar-refractivity contribution is 6.24. The molecule has 36 heavy (non-hydrogen) atoms. The molecule has 0 saturated carbocycles. The van der Waals surface area contributed by atoms with Gasteiger partial charge in [-0.25, -0.2) is 4.90 Å². The molecule has 0 radical (unpaired) electrons. The van der Waals surface area contributed by atoms with Crippen LogP contribution >= 0.6 is 0 Å². The summed E-state index contributed by atoms with van der Waals surface area (Å²) in [6.07, 6.45) is 3.79. The summed E-state index contributed by atoms with van der Waals surface area (Å²) in [6.45, 7) is 1.95. The van der Waals surface area contributed by atoms with E-state index in [2.05, 4.69) is 5.32 Å². The minimum Gasteiger partial charge on any atom is -0.497 e. The number of ether oxygens (including phenoxy) is 1. The van der Waals surface area contributed by atoms with Gasteiger partial charge in [-0.1, -0.05) is 42.0 Å². The van der Waals surface area contributed by atoms with E-state index in [1.165, 1.54) is 4.90 Å². The second kappa shape index (κ2) is 8.37. The van der Waals surface area contributed by atoms with Crippen molar-refractivity contribution in [2.75, 3.05) is 17.3 Å². The molecule has 2 fully saturated rings. The van der Waals surface area contributed by atoms with Crippen molar-refractivity contribution in [3.8, 4) is 5.75 Å². The van der Waals surface area contributed by atoms with E-state index in [-0.39, 0.29) is 17.7 Å². The van der Waals surface area contributed by atoms with Crippen molar-refractivity contribution >= 4 is 35.2 Å². The fraction of sp³-hybridized carbons (Fsp3) is 0.207. The average Bonchev–Trinajstić information content (AvgIpc) is 3.37. The van der Waals surface area contributed by atoms with Crippen molar-refractivity contribution in [2.45, 2.75) is 19.0 Å². The summed E-state index contributed by atoms with van der Waals surface area (Å²) in [5.74, 6) is -1.74. The van der Waals surface area contributed by atoms with Gasteiger partial charge in [0, 0.05) is 11.9 Å². The van der Waals surface area contributed by atoms with Crippen LogP contribution in [0.1, 0.15) is 22.7 Å². The lowest BCUT2D eigenvalue weighted by Crippen LogP contribution is -2.46. The molecule has 3 amide bonds. The molecule has 0 spiro atoms. The van der Waals surface area contributed by atoms with Crippen molar-refractivity contribution < 1.29 is 19.1 Å². The Morgan fingerprint density at radius 2 is 1.58 bits per heavy atom. The predicted molar refractivity (Wildman–Crippen MR) is 136 cm³/mol. The quantitative estimate of drug-likeness (QED) is 0.569. The highest BCUT2D eigenvalue weighted by Crippen LogP contribution is 2.53. The number of benzene rings is 3. The Kier molecular flexibility index (Phi) is 5.14. The van der Waals surface area contributed by atoms with Crippen LogP contribution in [0.15, 0.2) is 79.0 Å². The van der Waals surface area contributed by atoms with Gasteiger partial charge >= 0.3 is 0 Å². The number of aryl methyl sites for hydroxylation is 1. The van der Waals surface area contributed by atoms with E-state index in [1.807, 2.05) is 60.5 Å². The summed E-state index contributed by atoms with van der Waals surface area (Å²) >= 11 is 0. The maximum atomic E-state index is 13.9. The van der Waals surface area contributed by atoms with Crippen LogP contribution in [-0.2, 0) is 14.4 Å². The van der Waals surface area contributed by atoms with Gasteiger partial charge < -0.3 is 15.0 Å². The van der Waals surface area contributed by atoms with E-state index < -0.39 is 23.9 Å². The van der Waals surface area contributed by atoms with Gasteiger partial charge in [0.2, 0.25) is 17.7 Å². The predicted octanol–water partition coefficient (Wildman–Crippen LogP) is 4.16. The molecule has 0 bridgehead atoms. The minimum absolute atomic E-state index is 0.270. The molecule has 3 aromatic carbocycles. The molecule has 3 aliphatic rings. The van der Waals surface area contributed by atoms with Gasteiger partial charge in [0.1, 0.15) is 11.8 Å². The molecule has 1 unspecified atom stereocenters. The molecule has 7 nitrogen and oxygen atoms in total. The van der Waals surface area contributed by atoms with Crippen molar-refractivity contribution in [2.24, 2.45) is 11.8 Å². The molecular weight excluding hydrogens is 454 g/mol. The summed E-state index contributed by atoms with van der Waals surface area (Å²) in [7, 11) is 1.58. The van der Waals surface area contributed by atoms with E-state index in [9.17, 15) is 14.4 Å². The molecule has 0 aliphatic carbocycles. The summed E-state index contributed by atoms with van der Waals surface area (Å²) in [6, 6.07) is 20.9. The summed E-state index contributed by atoms with van der Waals surface area (Å²) in [4.78, 5) is 44.6. The number of nitrogens with zero attached hydrogens (tertiary/aromatic N) is 2. The first-order valence-corrected chi connectivity index (χ1v) is 11.9. The third-order valence-electron chi connectivity index (χ3n) is 7.38. The molecule has 3 aromatic rings. The van der Waals surface area contributed by atoms with Crippen molar-refractivity contribution in [3.05, 3.63) is 95.7 Å². The topological polar surface area (TPSA) is 79.0 Å². The summed E-state index contributed by atoms with van der Waals surface area (Å²) in [5, 5.41) is 2.95. The van der Waals surface area contributed by atoms with Gasteiger partial charge in [-0.3, -0.25) is 14.4 Å². The Morgan fingerprint density at radius 1 is 0.889 bits per heavy atom. The lowest BCUT2D eigenvalue weighted by molar-refractivity contribution is -0.128. The van der Waals surface area contributed by atoms with Crippen LogP contribution in [0, 0.1) is 18.8 Å². The number of hydrogen-bond acceptors (Lipinski definition) is 5. The Bertz CT molecular complexity index is 1400. The van der Waals surface area contributed by atoms with Gasteiger partial charge in [-0.2, -0.15) is 0 Å². The van der Waals surface area contributed by atoms with E-state index in [1.54, 1.807) is 43.5 Å². The number of carbonyl (C=O) groups excluding carboxylic acids is 3. The monoisotopic (exact) mass is 479 g/mol. The minimum atomic E-state index is -0.835. The molecule has 7 heteroatoms. The molecule has 1 N–H and O–H groups in total. The molecular formula is C29H25N3O4. The highest BCUT2D eigenvalue weighted by atomic mass is 16.5. The number of fused-ring (bicyclic) bond motifs is 5. The molecule has 2 saturated heterocycles. The molecule has 3 heterocycles. The first kappa shape index (κ1) is 22.1. The Labute approximate surface area is 209 Å².